The molecule has 252 valence electrons. The zero-order valence-electron chi connectivity index (χ0n) is 28.8. The number of allylic oxidation sites excluding steroid dienone is 1. The van der Waals surface area contributed by atoms with Crippen molar-refractivity contribution in [2.45, 2.75) is 104 Å². The highest BCUT2D eigenvalue weighted by Crippen LogP contribution is 2.49. The van der Waals surface area contributed by atoms with E-state index in [9.17, 15) is 14.0 Å². The minimum absolute atomic E-state index is 0.0202. The van der Waals surface area contributed by atoms with Gasteiger partial charge in [0.1, 0.15) is 11.5 Å². The summed E-state index contributed by atoms with van der Waals surface area (Å²) in [5.41, 5.74) is 11.6. The Labute approximate surface area is 279 Å². The first-order valence-electron chi connectivity index (χ1n) is 17.1. The number of rotatable bonds is 10. The Balaban J connectivity index is 1.48. The maximum Gasteiger partial charge on any atom is 0.251 e. The zero-order chi connectivity index (χ0) is 33.8. The fraction of sp³-hybridized carbons (Fsp3) is 0.526. The fourth-order valence-corrected chi connectivity index (χ4v) is 7.16. The third-order valence-electron chi connectivity index (χ3n) is 10.5. The van der Waals surface area contributed by atoms with E-state index in [1.807, 2.05) is 24.3 Å². The van der Waals surface area contributed by atoms with Crippen LogP contribution in [-0.2, 0) is 4.79 Å². The smallest absolute Gasteiger partial charge is 0.251 e. The SMILES string of the molecule is CCC(C)(C)C1CCC2(CC1)CC(C(CCC(C)(C)C)c1ccc(C(=O)NCC3=NNNN3)cc1)=CC(=O)C(c1cccc(F)c1)=N2. The number of hydrogen-bond donors (Lipinski definition) is 4. The van der Waals surface area contributed by atoms with E-state index >= 15 is 0 Å². The summed E-state index contributed by atoms with van der Waals surface area (Å²) in [6.07, 6.45) is 9.30. The average Bonchev–Trinajstić information content (AvgIpc) is 3.52. The number of nitrogens with one attached hydrogen (secondary N) is 4. The maximum atomic E-state index is 14.4. The highest BCUT2D eigenvalue weighted by molar-refractivity contribution is 6.50. The van der Waals surface area contributed by atoms with Crippen molar-refractivity contribution in [3.8, 4) is 0 Å². The maximum absolute atomic E-state index is 14.4. The Kier molecular flexibility index (Phi) is 10.3. The van der Waals surface area contributed by atoms with Gasteiger partial charge in [0, 0.05) is 17.0 Å². The molecule has 1 amide bonds. The lowest BCUT2D eigenvalue weighted by atomic mass is 9.64. The number of hydrogen-bond acceptors (Lipinski definition) is 7. The monoisotopic (exact) mass is 642 g/mol. The van der Waals surface area contributed by atoms with E-state index in [1.165, 1.54) is 12.1 Å². The van der Waals surface area contributed by atoms with E-state index in [0.29, 0.717) is 35.0 Å². The van der Waals surface area contributed by atoms with Gasteiger partial charge in [-0.2, -0.15) is 0 Å². The normalized spacial score (nSPS) is 22.4. The number of hydrazone groups is 1. The van der Waals surface area contributed by atoms with Crippen molar-refractivity contribution < 1.29 is 14.0 Å². The predicted molar refractivity (Wildman–Crippen MR) is 186 cm³/mol. The van der Waals surface area contributed by atoms with E-state index in [-0.39, 0.29) is 40.8 Å². The molecule has 1 spiro atoms. The van der Waals surface area contributed by atoms with E-state index in [0.717, 1.165) is 56.1 Å². The molecule has 2 aromatic rings. The molecule has 1 atom stereocenters. The molecule has 1 unspecified atom stereocenters. The van der Waals surface area contributed by atoms with Gasteiger partial charge in [-0.1, -0.05) is 77.8 Å². The largest absolute Gasteiger partial charge is 0.345 e. The summed E-state index contributed by atoms with van der Waals surface area (Å²) in [5, 5.41) is 6.88. The number of amidine groups is 1. The number of aliphatic imine (C=N–C) groups is 1. The van der Waals surface area contributed by atoms with Gasteiger partial charge in [0.25, 0.3) is 5.91 Å². The number of carbonyl (C=O) groups excluding carboxylic acids is 2. The van der Waals surface area contributed by atoms with Crippen LogP contribution in [0.15, 0.2) is 70.3 Å². The van der Waals surface area contributed by atoms with Crippen molar-refractivity contribution in [1.82, 2.24) is 21.8 Å². The van der Waals surface area contributed by atoms with Gasteiger partial charge in [-0.05, 0) is 97.6 Å². The molecule has 1 saturated carbocycles. The first-order chi connectivity index (χ1) is 22.3. The van der Waals surface area contributed by atoms with Crippen LogP contribution in [0.4, 0.5) is 4.39 Å². The molecule has 0 saturated heterocycles. The number of halogens is 1. The molecular formula is C38H51FN6O2. The van der Waals surface area contributed by atoms with Gasteiger partial charge in [0.05, 0.1) is 12.1 Å². The Bertz CT molecular complexity index is 1540. The van der Waals surface area contributed by atoms with Crippen LogP contribution in [0.3, 0.4) is 0 Å². The van der Waals surface area contributed by atoms with E-state index < -0.39 is 5.54 Å². The standard InChI is InChI=1S/C38H51FN6O2/c1-7-37(5,6)29-15-19-38(20-16-29)23-28(22-32(46)34(41-38)27-9-8-10-30(39)21-27)31(17-18-36(2,3)4)25-11-13-26(14-12-25)35(47)40-24-33-42-44-45-43-33/h8-14,21-22,29,31,44-45H,7,15-20,23-24H2,1-6H3,(H,40,47)(H,42,43). The second-order valence-corrected chi connectivity index (χ2v) is 15.4. The molecule has 1 aliphatic carbocycles. The van der Waals surface area contributed by atoms with Crippen molar-refractivity contribution in [3.05, 3.63) is 82.7 Å². The molecule has 3 aliphatic rings. The number of benzene rings is 2. The molecule has 8 nitrogen and oxygen atoms in total. The molecule has 4 N–H and O–H groups in total. The number of hydrazine groups is 2. The lowest BCUT2D eigenvalue weighted by molar-refractivity contribution is -0.108. The Morgan fingerprint density at radius 3 is 2.43 bits per heavy atom. The van der Waals surface area contributed by atoms with Crippen molar-refractivity contribution in [2.75, 3.05) is 6.54 Å². The number of amides is 1. The predicted octanol–water partition coefficient (Wildman–Crippen LogP) is 7.15. The first-order valence-corrected chi connectivity index (χ1v) is 17.1. The molecule has 2 heterocycles. The summed E-state index contributed by atoms with van der Waals surface area (Å²) >= 11 is 0. The van der Waals surface area contributed by atoms with Crippen LogP contribution < -0.4 is 21.8 Å². The van der Waals surface area contributed by atoms with Crippen molar-refractivity contribution in [2.24, 2.45) is 26.8 Å². The van der Waals surface area contributed by atoms with Crippen molar-refractivity contribution >= 4 is 23.2 Å². The average molecular weight is 643 g/mol. The van der Waals surface area contributed by atoms with Crippen LogP contribution in [0.25, 0.3) is 0 Å². The zero-order valence-corrected chi connectivity index (χ0v) is 28.8. The number of ketones is 1. The second-order valence-electron chi connectivity index (χ2n) is 15.4. The molecule has 0 aromatic heterocycles. The molecular weight excluding hydrogens is 591 g/mol. The van der Waals surface area contributed by atoms with Gasteiger partial charge in [-0.15, -0.1) is 10.6 Å². The topological polar surface area (TPSA) is 107 Å². The Morgan fingerprint density at radius 1 is 1.09 bits per heavy atom. The summed E-state index contributed by atoms with van der Waals surface area (Å²) in [5.74, 6) is 0.430. The molecule has 0 bridgehead atoms. The Hall–Kier alpha value is -3.85. The third-order valence-corrected chi connectivity index (χ3v) is 10.5. The van der Waals surface area contributed by atoms with E-state index in [2.05, 4.69) is 68.5 Å². The van der Waals surface area contributed by atoms with Crippen molar-refractivity contribution in [3.63, 3.8) is 0 Å². The first kappa shape index (κ1) is 34.5. The Morgan fingerprint density at radius 2 is 1.81 bits per heavy atom. The minimum Gasteiger partial charge on any atom is -0.345 e. The molecule has 9 heteroatoms. The summed E-state index contributed by atoms with van der Waals surface area (Å²) in [6, 6.07) is 14.0. The van der Waals surface area contributed by atoms with Gasteiger partial charge in [0.2, 0.25) is 5.78 Å². The van der Waals surface area contributed by atoms with Crippen molar-refractivity contribution in [1.29, 1.82) is 0 Å². The summed E-state index contributed by atoms with van der Waals surface area (Å²) in [6.45, 7) is 14.0. The van der Waals surface area contributed by atoms with Gasteiger partial charge in [-0.25, -0.2) is 9.93 Å². The van der Waals surface area contributed by atoms with E-state index in [4.69, 9.17) is 4.99 Å². The minimum atomic E-state index is -0.430. The van der Waals surface area contributed by atoms with Crippen LogP contribution in [0.1, 0.15) is 120 Å². The molecule has 5 rings (SSSR count). The molecule has 0 radical (unpaired) electrons. The lowest BCUT2D eigenvalue weighted by Gasteiger charge is -2.44. The van der Waals surface area contributed by atoms with Gasteiger partial charge >= 0.3 is 0 Å². The second kappa shape index (κ2) is 14.1. The molecule has 47 heavy (non-hydrogen) atoms. The summed E-state index contributed by atoms with van der Waals surface area (Å²) in [7, 11) is 0. The molecule has 1 fully saturated rings. The highest BCUT2D eigenvalue weighted by Gasteiger charge is 2.43. The van der Waals surface area contributed by atoms with Gasteiger partial charge < -0.3 is 5.32 Å². The van der Waals surface area contributed by atoms with Crippen LogP contribution >= 0.6 is 0 Å². The lowest BCUT2D eigenvalue weighted by Crippen LogP contribution is -2.40. The number of nitrogens with zero attached hydrogens (tertiary/aromatic N) is 2. The quantitative estimate of drug-likeness (QED) is 0.220. The number of carbonyl (C=O) groups is 2. The third kappa shape index (κ3) is 8.55. The van der Waals surface area contributed by atoms with Crippen LogP contribution in [0.2, 0.25) is 0 Å². The van der Waals surface area contributed by atoms with Crippen LogP contribution in [0.5, 0.6) is 0 Å². The van der Waals surface area contributed by atoms with Gasteiger partial charge in [0.15, 0.2) is 5.84 Å². The van der Waals surface area contributed by atoms with Crippen LogP contribution in [-0.4, -0.2) is 35.3 Å². The summed E-state index contributed by atoms with van der Waals surface area (Å²) < 4.78 is 14.4. The highest BCUT2D eigenvalue weighted by atomic mass is 19.1. The fourth-order valence-electron chi connectivity index (χ4n) is 7.16. The summed E-state index contributed by atoms with van der Waals surface area (Å²) in [4.78, 5) is 32.3. The van der Waals surface area contributed by atoms with Gasteiger partial charge in [-0.3, -0.25) is 20.0 Å². The molecule has 2 aliphatic heterocycles. The molecule has 2 aromatic carbocycles. The van der Waals surface area contributed by atoms with E-state index in [1.54, 1.807) is 18.2 Å². The van der Waals surface area contributed by atoms with Crippen LogP contribution in [0, 0.1) is 22.6 Å².